The monoisotopic (exact) mass is 430 g/mol. The van der Waals surface area contributed by atoms with E-state index < -0.39 is 12.2 Å². The fourth-order valence-electron chi connectivity index (χ4n) is 3.27. The summed E-state index contributed by atoms with van der Waals surface area (Å²) in [6, 6.07) is 14.8. The first-order valence-electron chi connectivity index (χ1n) is 10.9. The second-order valence-electron chi connectivity index (χ2n) is 7.54. The Morgan fingerprint density at radius 2 is 1.71 bits per heavy atom. The van der Waals surface area contributed by atoms with E-state index in [2.05, 4.69) is 34.9 Å². The van der Waals surface area contributed by atoms with Gasteiger partial charge in [-0.05, 0) is 55.5 Å². The molecule has 0 aliphatic rings. The zero-order valence-corrected chi connectivity index (χ0v) is 17.9. The van der Waals surface area contributed by atoms with Gasteiger partial charge in [-0.15, -0.1) is 0 Å². The van der Waals surface area contributed by atoms with Gasteiger partial charge in [0.2, 0.25) is 0 Å². The van der Waals surface area contributed by atoms with Crippen LogP contribution in [0.25, 0.3) is 0 Å². The highest BCUT2D eigenvalue weighted by molar-refractivity contribution is 5.85. The molecule has 0 aliphatic carbocycles. The molecule has 0 aromatic heterocycles. The van der Waals surface area contributed by atoms with Crippen LogP contribution >= 0.6 is 0 Å². The molecule has 5 N–H and O–H groups in total. The molecule has 7 heteroatoms. The molecule has 2 rings (SSSR count). The number of phenols is 1. The molecule has 0 saturated carbocycles. The van der Waals surface area contributed by atoms with Crippen molar-refractivity contribution in [3.05, 3.63) is 59.7 Å². The summed E-state index contributed by atoms with van der Waals surface area (Å²) in [7, 11) is 0. The smallest absolute Gasteiger partial charge is 0.409 e. The third-order valence-corrected chi connectivity index (χ3v) is 4.97. The molecular formula is C24H34N2O5. The number of unbranched alkanes of at least 4 members (excludes halogenated alkanes) is 3. The number of aliphatic hydroxyl groups excluding tert-OH is 1. The molecule has 2 aromatic carbocycles. The molecule has 0 fully saturated rings. The van der Waals surface area contributed by atoms with Crippen molar-refractivity contribution in [1.29, 1.82) is 0 Å². The van der Waals surface area contributed by atoms with Crippen LogP contribution in [0.3, 0.4) is 0 Å². The Labute approximate surface area is 184 Å². The number of hydrogen-bond donors (Lipinski definition) is 5. The number of aliphatic hydroxyl groups is 1. The van der Waals surface area contributed by atoms with Gasteiger partial charge in [0.05, 0.1) is 11.8 Å². The molecule has 170 valence electrons. The van der Waals surface area contributed by atoms with Gasteiger partial charge in [0, 0.05) is 19.8 Å². The minimum Gasteiger partial charge on any atom is -0.506 e. The van der Waals surface area contributed by atoms with E-state index in [0.29, 0.717) is 12.1 Å². The van der Waals surface area contributed by atoms with Crippen molar-refractivity contribution in [3.63, 3.8) is 0 Å². The second kappa shape index (κ2) is 14.4. The van der Waals surface area contributed by atoms with Gasteiger partial charge >= 0.3 is 6.09 Å². The van der Waals surface area contributed by atoms with Crippen LogP contribution in [-0.2, 0) is 11.2 Å². The Morgan fingerprint density at radius 3 is 2.48 bits per heavy atom. The first-order valence-corrected chi connectivity index (χ1v) is 10.9. The van der Waals surface area contributed by atoms with Gasteiger partial charge in [-0.2, -0.15) is 0 Å². The van der Waals surface area contributed by atoms with E-state index in [1.54, 1.807) is 6.07 Å². The summed E-state index contributed by atoms with van der Waals surface area (Å²) in [5.74, 6) is -0.175. The van der Waals surface area contributed by atoms with Crippen LogP contribution in [0.1, 0.15) is 49.3 Å². The third-order valence-electron chi connectivity index (χ3n) is 4.97. The number of carbonyl (C=O) groups is 1. The van der Waals surface area contributed by atoms with Crippen LogP contribution in [0, 0.1) is 0 Å². The number of nitrogens with one attached hydrogen (secondary N) is 2. The lowest BCUT2D eigenvalue weighted by molar-refractivity contribution is 0.127. The fraction of sp³-hybridized carbons (Fsp3) is 0.458. The van der Waals surface area contributed by atoms with E-state index in [-0.39, 0.29) is 11.4 Å². The Balaban J connectivity index is 1.46. The van der Waals surface area contributed by atoms with Crippen molar-refractivity contribution in [3.8, 4) is 5.75 Å². The summed E-state index contributed by atoms with van der Waals surface area (Å²) in [6.07, 6.45) is 4.35. The minimum atomic E-state index is -1.27. The van der Waals surface area contributed by atoms with E-state index in [1.807, 2.05) is 6.07 Å². The summed E-state index contributed by atoms with van der Waals surface area (Å²) in [6.45, 7) is 2.76. The van der Waals surface area contributed by atoms with E-state index in [4.69, 9.17) is 9.84 Å². The second-order valence-corrected chi connectivity index (χ2v) is 7.54. The fourth-order valence-corrected chi connectivity index (χ4v) is 3.27. The molecule has 0 spiro atoms. The maximum absolute atomic E-state index is 10.7. The van der Waals surface area contributed by atoms with E-state index in [9.17, 15) is 15.0 Å². The summed E-state index contributed by atoms with van der Waals surface area (Å²) < 4.78 is 5.70. The predicted octanol–water partition coefficient (Wildman–Crippen LogP) is 4.31. The van der Waals surface area contributed by atoms with Crippen LogP contribution in [0.4, 0.5) is 10.5 Å². The number of aryl methyl sites for hydroxylation is 1. The summed E-state index contributed by atoms with van der Waals surface area (Å²) in [4.78, 5) is 10.7. The number of anilines is 1. The molecule has 0 radical (unpaired) electrons. The van der Waals surface area contributed by atoms with Gasteiger partial charge in [0.1, 0.15) is 5.75 Å². The van der Waals surface area contributed by atoms with Crippen molar-refractivity contribution in [2.45, 2.75) is 44.6 Å². The molecule has 7 nitrogen and oxygen atoms in total. The number of benzene rings is 2. The third kappa shape index (κ3) is 10.3. The van der Waals surface area contributed by atoms with Crippen molar-refractivity contribution in [2.75, 3.05) is 31.6 Å². The Kier molecular flexibility index (Phi) is 11.5. The zero-order chi connectivity index (χ0) is 22.3. The first-order chi connectivity index (χ1) is 15.1. The van der Waals surface area contributed by atoms with Gasteiger partial charge in [-0.1, -0.05) is 49.2 Å². The summed E-state index contributed by atoms with van der Waals surface area (Å²) in [5, 5.41) is 34.0. The first kappa shape index (κ1) is 24.7. The number of phenolic OH excluding ortho intramolecular Hbond substituents is 1. The lowest BCUT2D eigenvalue weighted by Crippen LogP contribution is -2.22. The average Bonchev–Trinajstić information content (AvgIpc) is 2.76. The minimum absolute atomic E-state index is 0.0614. The number of hydrogen-bond acceptors (Lipinski definition) is 5. The quantitative estimate of drug-likeness (QED) is 0.213. The Bertz CT molecular complexity index is 770. The van der Waals surface area contributed by atoms with Crippen LogP contribution < -0.4 is 10.6 Å². The van der Waals surface area contributed by atoms with Gasteiger partial charge in [-0.25, -0.2) is 4.79 Å². The maximum Gasteiger partial charge on any atom is 0.409 e. The zero-order valence-electron chi connectivity index (χ0n) is 17.9. The molecule has 1 amide bonds. The van der Waals surface area contributed by atoms with Crippen LogP contribution in [-0.4, -0.2) is 47.7 Å². The van der Waals surface area contributed by atoms with E-state index in [1.165, 1.54) is 17.7 Å². The topological polar surface area (TPSA) is 111 Å². The lowest BCUT2D eigenvalue weighted by Gasteiger charge is -2.14. The highest BCUT2D eigenvalue weighted by Crippen LogP contribution is 2.27. The molecule has 1 atom stereocenters. The normalized spacial score (nSPS) is 11.9. The molecule has 31 heavy (non-hydrogen) atoms. The average molecular weight is 431 g/mol. The summed E-state index contributed by atoms with van der Waals surface area (Å²) in [5.41, 5.74) is 1.95. The largest absolute Gasteiger partial charge is 0.506 e. The Hall–Kier alpha value is -2.61. The number of carboxylic acid groups (broad SMARTS) is 1. The highest BCUT2D eigenvalue weighted by Gasteiger charge is 2.11. The van der Waals surface area contributed by atoms with Crippen molar-refractivity contribution in [2.24, 2.45) is 0 Å². The van der Waals surface area contributed by atoms with Gasteiger partial charge in [0.25, 0.3) is 0 Å². The van der Waals surface area contributed by atoms with Crippen molar-refractivity contribution < 1.29 is 24.9 Å². The van der Waals surface area contributed by atoms with E-state index >= 15 is 0 Å². The Morgan fingerprint density at radius 1 is 0.968 bits per heavy atom. The molecule has 2 aromatic rings. The SMILES string of the molecule is O=C(O)Nc1cc(C(O)CNCCCCCCOCCCc2ccccc2)ccc1O. The van der Waals surface area contributed by atoms with Crippen molar-refractivity contribution in [1.82, 2.24) is 5.32 Å². The molecule has 0 aliphatic heterocycles. The predicted molar refractivity (Wildman–Crippen MR) is 122 cm³/mol. The molecule has 0 heterocycles. The van der Waals surface area contributed by atoms with Gasteiger partial charge in [-0.3, -0.25) is 5.32 Å². The van der Waals surface area contributed by atoms with Crippen LogP contribution in [0.15, 0.2) is 48.5 Å². The van der Waals surface area contributed by atoms with Gasteiger partial charge in [0.15, 0.2) is 0 Å². The number of aromatic hydroxyl groups is 1. The van der Waals surface area contributed by atoms with Crippen LogP contribution in [0.5, 0.6) is 5.75 Å². The molecule has 0 bridgehead atoms. The highest BCUT2D eigenvalue weighted by atomic mass is 16.5. The number of rotatable bonds is 15. The number of amides is 1. The van der Waals surface area contributed by atoms with Gasteiger partial charge < -0.3 is 25.4 Å². The van der Waals surface area contributed by atoms with E-state index in [0.717, 1.165) is 58.3 Å². The molecule has 0 saturated heterocycles. The van der Waals surface area contributed by atoms with Crippen LogP contribution in [0.2, 0.25) is 0 Å². The molecular weight excluding hydrogens is 396 g/mol. The summed E-state index contributed by atoms with van der Waals surface area (Å²) >= 11 is 0. The standard InChI is InChI=1S/C24H34N2O5/c27-22-13-12-20(17-21(22)26-24(29)30)23(28)18-25-14-6-1-2-7-15-31-16-8-11-19-9-4-3-5-10-19/h3-5,9-10,12-13,17,23,25-28H,1-2,6-8,11,14-16,18H2,(H,29,30). The molecule has 1 unspecified atom stereocenters. The van der Waals surface area contributed by atoms with Crippen molar-refractivity contribution >= 4 is 11.8 Å². The number of ether oxygens (including phenoxy) is 1. The maximum atomic E-state index is 10.7. The lowest BCUT2D eigenvalue weighted by atomic mass is 10.1.